The molecule has 0 aliphatic heterocycles. The predicted molar refractivity (Wildman–Crippen MR) is 56.3 cm³/mol. The van der Waals surface area contributed by atoms with Crippen molar-refractivity contribution in [2.24, 2.45) is 11.7 Å². The van der Waals surface area contributed by atoms with E-state index in [1.54, 1.807) is 6.07 Å². The Morgan fingerprint density at radius 3 is 2.77 bits per heavy atom. The molecule has 13 heavy (non-hydrogen) atoms. The van der Waals surface area contributed by atoms with Gasteiger partial charge in [-0.25, -0.2) is 0 Å². The van der Waals surface area contributed by atoms with E-state index in [2.05, 4.69) is 6.92 Å². The number of halogens is 2. The topological polar surface area (TPSA) is 26.0 Å². The number of benzene rings is 1. The zero-order valence-electron chi connectivity index (χ0n) is 7.35. The van der Waals surface area contributed by atoms with Crippen molar-refractivity contribution < 1.29 is 0 Å². The number of hydrogen-bond donors (Lipinski definition) is 1. The molecule has 1 aromatic rings. The second-order valence-corrected chi connectivity index (χ2v) is 4.51. The van der Waals surface area contributed by atoms with Gasteiger partial charge < -0.3 is 5.73 Å². The van der Waals surface area contributed by atoms with E-state index in [0.717, 1.165) is 12.0 Å². The van der Waals surface area contributed by atoms with Crippen LogP contribution in [0, 0.1) is 5.92 Å². The monoisotopic (exact) mass is 215 g/mol. The first kappa shape index (κ1) is 9.32. The van der Waals surface area contributed by atoms with Crippen LogP contribution in [0.25, 0.3) is 0 Å². The second kappa shape index (κ2) is 3.16. The molecule has 1 aliphatic carbocycles. The van der Waals surface area contributed by atoms with E-state index in [9.17, 15) is 0 Å². The van der Waals surface area contributed by atoms with Crippen LogP contribution in [-0.2, 0) is 6.42 Å². The molecule has 2 rings (SSSR count). The molecule has 70 valence electrons. The highest BCUT2D eigenvalue weighted by atomic mass is 35.5. The summed E-state index contributed by atoms with van der Waals surface area (Å²) >= 11 is 12.0. The summed E-state index contributed by atoms with van der Waals surface area (Å²) in [7, 11) is 0. The molecular weight excluding hydrogens is 205 g/mol. The van der Waals surface area contributed by atoms with E-state index in [-0.39, 0.29) is 6.04 Å². The Balaban J connectivity index is 2.57. The average Bonchev–Trinajstić information content (AvgIpc) is 2.27. The Labute approximate surface area is 87.8 Å². The first-order valence-electron chi connectivity index (χ1n) is 4.33. The normalized spacial score (nSPS) is 26.2. The third-order valence-corrected chi connectivity index (χ3v) is 3.20. The van der Waals surface area contributed by atoms with Crippen LogP contribution in [0.3, 0.4) is 0 Å². The SMILES string of the molecule is CC1Cc2cc(Cl)cc(Cl)c2C1N. The van der Waals surface area contributed by atoms with Gasteiger partial charge in [-0.2, -0.15) is 0 Å². The fourth-order valence-electron chi connectivity index (χ4n) is 1.94. The molecule has 0 saturated carbocycles. The molecule has 0 spiro atoms. The second-order valence-electron chi connectivity index (χ2n) is 3.67. The highest BCUT2D eigenvalue weighted by Gasteiger charge is 2.28. The number of fused-ring (bicyclic) bond motifs is 1. The Morgan fingerprint density at radius 2 is 2.08 bits per heavy atom. The number of rotatable bonds is 0. The van der Waals surface area contributed by atoms with Crippen LogP contribution in [0.2, 0.25) is 10.0 Å². The maximum Gasteiger partial charge on any atom is 0.0471 e. The fourth-order valence-corrected chi connectivity index (χ4v) is 2.60. The van der Waals surface area contributed by atoms with Gasteiger partial charge in [0.05, 0.1) is 0 Å². The van der Waals surface area contributed by atoms with E-state index < -0.39 is 0 Å². The Hall–Kier alpha value is -0.240. The molecule has 0 heterocycles. The Bertz CT molecular complexity index is 349. The highest BCUT2D eigenvalue weighted by molar-refractivity contribution is 6.35. The van der Waals surface area contributed by atoms with Crippen molar-refractivity contribution in [2.75, 3.05) is 0 Å². The maximum atomic E-state index is 6.07. The molecule has 1 nitrogen and oxygen atoms in total. The van der Waals surface area contributed by atoms with Crippen molar-refractivity contribution in [1.29, 1.82) is 0 Å². The number of nitrogens with two attached hydrogens (primary N) is 1. The van der Waals surface area contributed by atoms with E-state index >= 15 is 0 Å². The molecule has 0 bridgehead atoms. The largest absolute Gasteiger partial charge is 0.324 e. The van der Waals surface area contributed by atoms with Crippen LogP contribution in [0.15, 0.2) is 12.1 Å². The average molecular weight is 216 g/mol. The standard InChI is InChI=1S/C10H11Cl2N/c1-5-2-6-3-7(11)4-8(12)9(6)10(5)13/h3-5,10H,2,13H2,1H3. The van der Waals surface area contributed by atoms with Gasteiger partial charge in [0.15, 0.2) is 0 Å². The highest BCUT2D eigenvalue weighted by Crippen LogP contribution is 2.40. The van der Waals surface area contributed by atoms with E-state index in [1.807, 2.05) is 6.07 Å². The molecule has 0 aromatic heterocycles. The quantitative estimate of drug-likeness (QED) is 0.708. The lowest BCUT2D eigenvalue weighted by Gasteiger charge is -2.11. The van der Waals surface area contributed by atoms with Crippen LogP contribution in [0.5, 0.6) is 0 Å². The van der Waals surface area contributed by atoms with Gasteiger partial charge in [-0.3, -0.25) is 0 Å². The van der Waals surface area contributed by atoms with Crippen LogP contribution < -0.4 is 5.73 Å². The Morgan fingerprint density at radius 1 is 1.38 bits per heavy atom. The predicted octanol–water partition coefficient (Wildman–Crippen LogP) is 3.19. The van der Waals surface area contributed by atoms with Crippen molar-refractivity contribution in [2.45, 2.75) is 19.4 Å². The lowest BCUT2D eigenvalue weighted by molar-refractivity contribution is 0.513. The summed E-state index contributed by atoms with van der Waals surface area (Å²) in [5.41, 5.74) is 8.30. The van der Waals surface area contributed by atoms with Gasteiger partial charge in [-0.15, -0.1) is 0 Å². The minimum absolute atomic E-state index is 0.0692. The van der Waals surface area contributed by atoms with Gasteiger partial charge in [0.25, 0.3) is 0 Å². The molecule has 2 atom stereocenters. The molecule has 1 aromatic carbocycles. The zero-order chi connectivity index (χ0) is 9.59. The lowest BCUT2D eigenvalue weighted by atomic mass is 10.0. The molecule has 0 radical (unpaired) electrons. The zero-order valence-corrected chi connectivity index (χ0v) is 8.86. The Kier molecular flexibility index (Phi) is 2.26. The van der Waals surface area contributed by atoms with Crippen LogP contribution in [-0.4, -0.2) is 0 Å². The molecule has 0 saturated heterocycles. The molecule has 3 heteroatoms. The van der Waals surface area contributed by atoms with E-state index in [4.69, 9.17) is 28.9 Å². The number of hydrogen-bond acceptors (Lipinski definition) is 1. The van der Waals surface area contributed by atoms with Crippen molar-refractivity contribution in [3.05, 3.63) is 33.3 Å². The van der Waals surface area contributed by atoms with Gasteiger partial charge in [0.1, 0.15) is 0 Å². The maximum absolute atomic E-state index is 6.07. The minimum atomic E-state index is 0.0692. The molecule has 2 unspecified atom stereocenters. The van der Waals surface area contributed by atoms with Crippen molar-refractivity contribution >= 4 is 23.2 Å². The summed E-state index contributed by atoms with van der Waals surface area (Å²) in [6.07, 6.45) is 0.983. The molecule has 1 aliphatic rings. The van der Waals surface area contributed by atoms with Crippen molar-refractivity contribution in [3.8, 4) is 0 Å². The van der Waals surface area contributed by atoms with Crippen molar-refractivity contribution in [3.63, 3.8) is 0 Å². The van der Waals surface area contributed by atoms with Crippen molar-refractivity contribution in [1.82, 2.24) is 0 Å². The summed E-state index contributed by atoms with van der Waals surface area (Å²) in [6, 6.07) is 3.80. The lowest BCUT2D eigenvalue weighted by Crippen LogP contribution is -2.13. The summed E-state index contributed by atoms with van der Waals surface area (Å²) in [4.78, 5) is 0. The van der Waals surface area contributed by atoms with Gasteiger partial charge >= 0.3 is 0 Å². The third-order valence-electron chi connectivity index (χ3n) is 2.67. The summed E-state index contributed by atoms with van der Waals surface area (Å²) in [6.45, 7) is 2.13. The first-order valence-corrected chi connectivity index (χ1v) is 5.08. The van der Waals surface area contributed by atoms with Crippen LogP contribution >= 0.6 is 23.2 Å². The van der Waals surface area contributed by atoms with Gasteiger partial charge in [0.2, 0.25) is 0 Å². The first-order chi connectivity index (χ1) is 6.09. The molecule has 0 amide bonds. The van der Waals surface area contributed by atoms with E-state index in [1.165, 1.54) is 5.56 Å². The van der Waals surface area contributed by atoms with Crippen LogP contribution in [0.1, 0.15) is 24.1 Å². The van der Waals surface area contributed by atoms with Gasteiger partial charge in [-0.05, 0) is 35.6 Å². The van der Waals surface area contributed by atoms with Gasteiger partial charge in [0, 0.05) is 16.1 Å². The molecule has 2 N–H and O–H groups in total. The third kappa shape index (κ3) is 1.45. The van der Waals surface area contributed by atoms with Gasteiger partial charge in [-0.1, -0.05) is 30.1 Å². The fraction of sp³-hybridized carbons (Fsp3) is 0.400. The minimum Gasteiger partial charge on any atom is -0.324 e. The summed E-state index contributed by atoms with van der Waals surface area (Å²) in [5, 5.41) is 1.41. The van der Waals surface area contributed by atoms with Crippen LogP contribution in [0.4, 0.5) is 0 Å². The summed E-state index contributed by atoms with van der Waals surface area (Å²) in [5.74, 6) is 0.464. The smallest absolute Gasteiger partial charge is 0.0471 e. The molecular formula is C10H11Cl2N. The summed E-state index contributed by atoms with van der Waals surface area (Å²) < 4.78 is 0. The molecule has 0 fully saturated rings. The van der Waals surface area contributed by atoms with E-state index in [0.29, 0.717) is 16.0 Å².